The van der Waals surface area contributed by atoms with Crippen molar-refractivity contribution in [1.82, 2.24) is 20.0 Å². The van der Waals surface area contributed by atoms with Crippen LogP contribution < -0.4 is 5.32 Å². The van der Waals surface area contributed by atoms with E-state index in [9.17, 15) is 9.90 Å². The van der Waals surface area contributed by atoms with Gasteiger partial charge in [0.15, 0.2) is 0 Å². The second kappa shape index (κ2) is 5.98. The lowest BCUT2D eigenvalue weighted by Crippen LogP contribution is -2.40. The van der Waals surface area contributed by atoms with Crippen molar-refractivity contribution in [1.29, 1.82) is 0 Å². The van der Waals surface area contributed by atoms with E-state index in [2.05, 4.69) is 10.4 Å². The molecule has 2 fully saturated rings. The largest absolute Gasteiger partial charge is 0.469 e. The normalized spacial score (nSPS) is 29.0. The third kappa shape index (κ3) is 2.80. The molecule has 0 bridgehead atoms. The molecular formula is C17H22N4O3. The maximum atomic E-state index is 12.5. The van der Waals surface area contributed by atoms with Crippen LogP contribution in [0.5, 0.6) is 0 Å². The van der Waals surface area contributed by atoms with Gasteiger partial charge in [-0.1, -0.05) is 0 Å². The van der Waals surface area contributed by atoms with Crippen LogP contribution in [0, 0.1) is 5.92 Å². The summed E-state index contributed by atoms with van der Waals surface area (Å²) >= 11 is 0. The topological polar surface area (TPSA) is 83.5 Å². The number of furan rings is 1. The average molecular weight is 330 g/mol. The van der Waals surface area contributed by atoms with E-state index in [-0.39, 0.29) is 36.4 Å². The number of aliphatic hydroxyl groups excluding tert-OH is 1. The molecule has 4 atom stereocenters. The minimum Gasteiger partial charge on any atom is -0.469 e. The summed E-state index contributed by atoms with van der Waals surface area (Å²) in [5.74, 6) is 1.41. The molecule has 7 nitrogen and oxygen atoms in total. The number of likely N-dealkylation sites (tertiary alicyclic amines) is 1. The highest BCUT2D eigenvalue weighted by Crippen LogP contribution is 2.41. The standard InChI is InChI=1S/C17H22N4O3/c1-20-7-11(6-18-20)14-9-21(8-12(14)10-22)17(23)19-15-5-13(15)16-3-2-4-24-16/h2-4,6-7,12-15,22H,5,8-10H2,1H3,(H,19,23)/t12-,13+,14-,15+/m0/s1. The van der Waals surface area contributed by atoms with E-state index in [4.69, 9.17) is 4.42 Å². The zero-order valence-electron chi connectivity index (χ0n) is 13.6. The Bertz CT molecular complexity index is 711. The van der Waals surface area contributed by atoms with Crippen molar-refractivity contribution >= 4 is 6.03 Å². The van der Waals surface area contributed by atoms with E-state index in [0.717, 1.165) is 17.7 Å². The molecule has 1 aliphatic carbocycles. The number of hydrogen-bond donors (Lipinski definition) is 2. The Morgan fingerprint density at radius 1 is 1.46 bits per heavy atom. The van der Waals surface area contributed by atoms with Gasteiger partial charge in [0.25, 0.3) is 0 Å². The van der Waals surface area contributed by atoms with Crippen molar-refractivity contribution in [2.24, 2.45) is 13.0 Å². The van der Waals surface area contributed by atoms with Crippen molar-refractivity contribution in [3.8, 4) is 0 Å². The summed E-state index contributed by atoms with van der Waals surface area (Å²) in [6.45, 7) is 1.25. The third-order valence-corrected chi connectivity index (χ3v) is 5.12. The van der Waals surface area contributed by atoms with Crippen LogP contribution in [0.25, 0.3) is 0 Å². The van der Waals surface area contributed by atoms with E-state index in [1.165, 1.54) is 0 Å². The molecule has 0 spiro atoms. The predicted octanol–water partition coefficient (Wildman–Crippen LogP) is 1.29. The zero-order chi connectivity index (χ0) is 16.7. The first-order valence-corrected chi connectivity index (χ1v) is 8.34. The number of amides is 2. The number of nitrogens with zero attached hydrogens (tertiary/aromatic N) is 3. The summed E-state index contributed by atoms with van der Waals surface area (Å²) in [7, 11) is 1.87. The molecule has 1 saturated carbocycles. The van der Waals surface area contributed by atoms with Crippen molar-refractivity contribution in [2.45, 2.75) is 24.3 Å². The molecule has 0 unspecified atom stereocenters. The van der Waals surface area contributed by atoms with Crippen molar-refractivity contribution in [3.05, 3.63) is 42.1 Å². The molecule has 4 rings (SSSR count). The molecule has 2 aromatic heterocycles. The van der Waals surface area contributed by atoms with Crippen LogP contribution in [0.2, 0.25) is 0 Å². The zero-order valence-corrected chi connectivity index (χ0v) is 13.6. The van der Waals surface area contributed by atoms with Crippen LogP contribution in [-0.4, -0.2) is 51.6 Å². The van der Waals surface area contributed by atoms with E-state index < -0.39 is 0 Å². The molecule has 1 saturated heterocycles. The first-order valence-electron chi connectivity index (χ1n) is 8.34. The fourth-order valence-corrected chi connectivity index (χ4v) is 3.65. The van der Waals surface area contributed by atoms with E-state index in [0.29, 0.717) is 13.1 Å². The van der Waals surface area contributed by atoms with Gasteiger partial charge in [0, 0.05) is 56.7 Å². The van der Waals surface area contributed by atoms with Gasteiger partial charge in [-0.2, -0.15) is 5.10 Å². The Morgan fingerprint density at radius 3 is 3.00 bits per heavy atom. The van der Waals surface area contributed by atoms with Crippen LogP contribution >= 0.6 is 0 Å². The van der Waals surface area contributed by atoms with Gasteiger partial charge < -0.3 is 19.7 Å². The molecule has 2 amide bonds. The Kier molecular flexibility index (Phi) is 3.80. The Hall–Kier alpha value is -2.28. The van der Waals surface area contributed by atoms with Gasteiger partial charge in [-0.15, -0.1) is 0 Å². The third-order valence-electron chi connectivity index (χ3n) is 5.12. The SMILES string of the molecule is Cn1cc([C@@H]2CN(C(=O)N[C@@H]3C[C@H]3c3ccco3)C[C@H]2CO)cn1. The molecule has 2 aromatic rings. The van der Waals surface area contributed by atoms with Gasteiger partial charge in [0.2, 0.25) is 0 Å². The lowest BCUT2D eigenvalue weighted by Gasteiger charge is -2.17. The predicted molar refractivity (Wildman–Crippen MR) is 86.5 cm³/mol. The van der Waals surface area contributed by atoms with E-state index >= 15 is 0 Å². The molecule has 0 radical (unpaired) electrons. The highest BCUT2D eigenvalue weighted by molar-refractivity contribution is 5.75. The van der Waals surface area contributed by atoms with Crippen LogP contribution in [-0.2, 0) is 7.05 Å². The van der Waals surface area contributed by atoms with Crippen LogP contribution in [0.3, 0.4) is 0 Å². The number of carbonyl (C=O) groups excluding carboxylic acids is 1. The van der Waals surface area contributed by atoms with Crippen molar-refractivity contribution < 1.29 is 14.3 Å². The molecule has 1 aliphatic heterocycles. The number of rotatable bonds is 4. The Labute approximate surface area is 140 Å². The quantitative estimate of drug-likeness (QED) is 0.885. The van der Waals surface area contributed by atoms with Gasteiger partial charge >= 0.3 is 6.03 Å². The smallest absolute Gasteiger partial charge is 0.317 e. The molecule has 24 heavy (non-hydrogen) atoms. The fraction of sp³-hybridized carbons (Fsp3) is 0.529. The summed E-state index contributed by atoms with van der Waals surface area (Å²) in [5, 5.41) is 17.0. The maximum Gasteiger partial charge on any atom is 0.317 e. The fourth-order valence-electron chi connectivity index (χ4n) is 3.65. The molecule has 2 aliphatic rings. The first kappa shape index (κ1) is 15.3. The molecule has 2 N–H and O–H groups in total. The summed E-state index contributed by atoms with van der Waals surface area (Å²) in [4.78, 5) is 14.3. The second-order valence-electron chi connectivity index (χ2n) is 6.82. The molecule has 0 aromatic carbocycles. The summed E-state index contributed by atoms with van der Waals surface area (Å²) in [6, 6.07) is 3.91. The van der Waals surface area contributed by atoms with Gasteiger partial charge in [-0.25, -0.2) is 4.79 Å². The maximum absolute atomic E-state index is 12.5. The van der Waals surface area contributed by atoms with E-state index in [1.54, 1.807) is 15.8 Å². The van der Waals surface area contributed by atoms with E-state index in [1.807, 2.05) is 31.6 Å². The van der Waals surface area contributed by atoms with Crippen molar-refractivity contribution in [2.75, 3.05) is 19.7 Å². The van der Waals surface area contributed by atoms with Crippen molar-refractivity contribution in [3.63, 3.8) is 0 Å². The van der Waals surface area contributed by atoms with Gasteiger partial charge in [0.1, 0.15) is 5.76 Å². The first-order chi connectivity index (χ1) is 11.7. The molecule has 3 heterocycles. The van der Waals surface area contributed by atoms with Gasteiger partial charge in [0.05, 0.1) is 12.5 Å². The lowest BCUT2D eigenvalue weighted by atomic mass is 9.92. The van der Waals surface area contributed by atoms with Crippen LogP contribution in [0.4, 0.5) is 4.79 Å². The highest BCUT2D eigenvalue weighted by Gasteiger charge is 2.44. The highest BCUT2D eigenvalue weighted by atomic mass is 16.3. The summed E-state index contributed by atoms with van der Waals surface area (Å²) in [6.07, 6.45) is 6.37. The second-order valence-corrected chi connectivity index (χ2v) is 6.82. The molecule has 7 heteroatoms. The number of aromatic nitrogens is 2. The van der Waals surface area contributed by atoms with Crippen LogP contribution in [0.15, 0.2) is 35.2 Å². The van der Waals surface area contributed by atoms with Crippen LogP contribution in [0.1, 0.15) is 29.6 Å². The number of aliphatic hydroxyl groups is 1. The minimum absolute atomic E-state index is 0.0556. The summed E-state index contributed by atoms with van der Waals surface area (Å²) in [5.41, 5.74) is 1.08. The minimum atomic E-state index is -0.0566. The number of aryl methyl sites for hydroxylation is 1. The number of nitrogens with one attached hydrogen (secondary N) is 1. The molecule has 128 valence electrons. The molecular weight excluding hydrogens is 308 g/mol. The number of hydrogen-bond acceptors (Lipinski definition) is 4. The number of urea groups is 1. The average Bonchev–Trinajstić information content (AvgIpc) is 3.02. The summed E-state index contributed by atoms with van der Waals surface area (Å²) < 4.78 is 7.15. The van der Waals surface area contributed by atoms with Gasteiger partial charge in [-0.05, 0) is 24.1 Å². The Balaban J connectivity index is 1.37. The monoisotopic (exact) mass is 330 g/mol. The lowest BCUT2D eigenvalue weighted by molar-refractivity contribution is 0.197. The Morgan fingerprint density at radius 2 is 2.33 bits per heavy atom. The van der Waals surface area contributed by atoms with Gasteiger partial charge in [-0.3, -0.25) is 4.68 Å². The number of carbonyl (C=O) groups is 1.